The van der Waals surface area contributed by atoms with Crippen LogP contribution in [0.4, 0.5) is 0 Å². The fourth-order valence-electron chi connectivity index (χ4n) is 2.13. The van der Waals surface area contributed by atoms with Crippen LogP contribution in [0, 0.1) is 0 Å². The highest BCUT2D eigenvalue weighted by Crippen LogP contribution is 2.19. The van der Waals surface area contributed by atoms with Gasteiger partial charge in [-0.2, -0.15) is 11.3 Å². The number of thiophene rings is 1. The molecule has 7 heteroatoms. The highest BCUT2D eigenvalue weighted by atomic mass is 127. The Morgan fingerprint density at radius 3 is 2.79 bits per heavy atom. The summed E-state index contributed by atoms with van der Waals surface area (Å²) in [6.07, 6.45) is -0.0845. The maximum atomic E-state index is 6.05. The monoisotopic (exact) mass is 479 g/mol. The molecule has 1 aromatic heterocycles. The third-order valence-electron chi connectivity index (χ3n) is 3.30. The van der Waals surface area contributed by atoms with Crippen LogP contribution in [0.1, 0.15) is 24.2 Å². The Bertz CT molecular complexity index is 622. The molecule has 0 saturated carbocycles. The van der Waals surface area contributed by atoms with Crippen molar-refractivity contribution in [2.24, 2.45) is 4.99 Å². The number of guanidine groups is 1. The van der Waals surface area contributed by atoms with Gasteiger partial charge in [0.25, 0.3) is 0 Å². The van der Waals surface area contributed by atoms with Gasteiger partial charge in [-0.15, -0.1) is 24.0 Å². The molecule has 0 aliphatic rings. The van der Waals surface area contributed by atoms with E-state index in [2.05, 4.69) is 32.5 Å². The number of hydrogen-bond acceptors (Lipinski definition) is 3. The second-order valence-corrected chi connectivity index (χ2v) is 6.20. The number of benzene rings is 1. The Balaban J connectivity index is 0.00000288. The van der Waals surface area contributed by atoms with Crippen LogP contribution in [-0.2, 0) is 11.3 Å². The average molecular weight is 480 g/mol. The van der Waals surface area contributed by atoms with E-state index in [9.17, 15) is 0 Å². The lowest BCUT2D eigenvalue weighted by Crippen LogP contribution is -2.39. The van der Waals surface area contributed by atoms with Crippen molar-refractivity contribution in [3.63, 3.8) is 0 Å². The van der Waals surface area contributed by atoms with E-state index < -0.39 is 0 Å². The smallest absolute Gasteiger partial charge is 0.191 e. The lowest BCUT2D eigenvalue weighted by Gasteiger charge is -2.19. The van der Waals surface area contributed by atoms with Crippen molar-refractivity contribution in [1.82, 2.24) is 10.6 Å². The molecule has 0 fully saturated rings. The quantitative estimate of drug-likeness (QED) is 0.350. The van der Waals surface area contributed by atoms with E-state index in [4.69, 9.17) is 16.3 Å². The molecule has 0 bridgehead atoms. The van der Waals surface area contributed by atoms with E-state index in [-0.39, 0.29) is 30.1 Å². The number of halogens is 2. The maximum Gasteiger partial charge on any atom is 0.191 e. The minimum atomic E-state index is -0.0845. The summed E-state index contributed by atoms with van der Waals surface area (Å²) in [5.74, 6) is 0.780. The second-order valence-electron chi connectivity index (χ2n) is 4.99. The first-order chi connectivity index (χ1) is 11.2. The molecule has 4 nitrogen and oxygen atoms in total. The zero-order chi connectivity index (χ0) is 16.5. The summed E-state index contributed by atoms with van der Waals surface area (Å²) in [6.45, 7) is 4.14. The van der Waals surface area contributed by atoms with E-state index in [1.54, 1.807) is 18.4 Å². The number of rotatable bonds is 7. The molecule has 132 valence electrons. The molecule has 0 aliphatic heterocycles. The van der Waals surface area contributed by atoms with Crippen LogP contribution in [0.3, 0.4) is 0 Å². The molecule has 0 amide bonds. The SMILES string of the molecule is CCNC(=NCc1ccsc1)NCC(OC)c1cccc(Cl)c1.I. The Labute approximate surface area is 169 Å². The molecule has 0 saturated heterocycles. The molecule has 24 heavy (non-hydrogen) atoms. The molecule has 2 rings (SSSR count). The summed E-state index contributed by atoms with van der Waals surface area (Å²) in [6, 6.07) is 9.81. The summed E-state index contributed by atoms with van der Waals surface area (Å²) in [5.41, 5.74) is 2.26. The summed E-state index contributed by atoms with van der Waals surface area (Å²) in [4.78, 5) is 4.59. The maximum absolute atomic E-state index is 6.05. The van der Waals surface area contributed by atoms with Gasteiger partial charge in [0.05, 0.1) is 12.6 Å². The van der Waals surface area contributed by atoms with Crippen LogP contribution in [0.5, 0.6) is 0 Å². The lowest BCUT2D eigenvalue weighted by atomic mass is 10.1. The van der Waals surface area contributed by atoms with Gasteiger partial charge in [0.15, 0.2) is 5.96 Å². The molecule has 1 heterocycles. The molecule has 1 atom stereocenters. The first-order valence-corrected chi connectivity index (χ1v) is 8.86. The average Bonchev–Trinajstić information content (AvgIpc) is 3.06. The Hall–Kier alpha value is -0.830. The minimum absolute atomic E-state index is 0. The molecule has 2 N–H and O–H groups in total. The second kappa shape index (κ2) is 11.7. The number of ether oxygens (including phenoxy) is 1. The summed E-state index contributed by atoms with van der Waals surface area (Å²) < 4.78 is 5.57. The van der Waals surface area contributed by atoms with Gasteiger partial charge >= 0.3 is 0 Å². The Morgan fingerprint density at radius 2 is 2.17 bits per heavy atom. The first kappa shape index (κ1) is 21.2. The normalized spacial score (nSPS) is 12.4. The van der Waals surface area contributed by atoms with Crippen LogP contribution >= 0.6 is 46.9 Å². The molecular weight excluding hydrogens is 457 g/mol. The Morgan fingerprint density at radius 1 is 1.33 bits per heavy atom. The highest BCUT2D eigenvalue weighted by Gasteiger charge is 2.11. The van der Waals surface area contributed by atoms with Gasteiger partial charge < -0.3 is 15.4 Å². The highest BCUT2D eigenvalue weighted by molar-refractivity contribution is 14.0. The third-order valence-corrected chi connectivity index (χ3v) is 4.27. The summed E-state index contributed by atoms with van der Waals surface area (Å²) in [5, 5.41) is 11.5. The van der Waals surface area contributed by atoms with Crippen molar-refractivity contribution >= 4 is 52.9 Å². The summed E-state index contributed by atoms with van der Waals surface area (Å²) in [7, 11) is 1.70. The standard InChI is InChI=1S/C17H22ClN3OS.HI/c1-3-19-17(20-10-13-7-8-23-12-13)21-11-16(22-2)14-5-4-6-15(18)9-14;/h4-9,12,16H,3,10-11H2,1-2H3,(H2,19,20,21);1H. The van der Waals surface area contributed by atoms with Gasteiger partial charge in [-0.3, -0.25) is 0 Å². The van der Waals surface area contributed by atoms with Crippen molar-refractivity contribution in [2.45, 2.75) is 19.6 Å². The predicted molar refractivity (Wildman–Crippen MR) is 114 cm³/mol. The van der Waals surface area contributed by atoms with E-state index in [1.165, 1.54) is 5.56 Å². The number of nitrogens with zero attached hydrogens (tertiary/aromatic N) is 1. The van der Waals surface area contributed by atoms with Crippen LogP contribution in [-0.4, -0.2) is 26.2 Å². The van der Waals surface area contributed by atoms with Crippen molar-refractivity contribution in [2.75, 3.05) is 20.2 Å². The van der Waals surface area contributed by atoms with E-state index in [0.717, 1.165) is 18.1 Å². The van der Waals surface area contributed by atoms with E-state index >= 15 is 0 Å². The lowest BCUT2D eigenvalue weighted by molar-refractivity contribution is 0.106. The number of methoxy groups -OCH3 is 1. The van der Waals surface area contributed by atoms with Crippen molar-refractivity contribution in [3.05, 3.63) is 57.2 Å². The van der Waals surface area contributed by atoms with Gasteiger partial charge in [-0.25, -0.2) is 4.99 Å². The molecule has 2 aromatic rings. The fourth-order valence-corrected chi connectivity index (χ4v) is 2.99. The van der Waals surface area contributed by atoms with Crippen molar-refractivity contribution < 1.29 is 4.74 Å². The van der Waals surface area contributed by atoms with Crippen LogP contribution < -0.4 is 10.6 Å². The molecule has 1 unspecified atom stereocenters. The van der Waals surface area contributed by atoms with E-state index in [1.807, 2.05) is 31.2 Å². The predicted octanol–water partition coefficient (Wildman–Crippen LogP) is 4.46. The van der Waals surface area contributed by atoms with Gasteiger partial charge in [0, 0.05) is 25.2 Å². The summed E-state index contributed by atoms with van der Waals surface area (Å²) >= 11 is 7.74. The molecule has 0 aliphatic carbocycles. The van der Waals surface area contributed by atoms with Crippen LogP contribution in [0.25, 0.3) is 0 Å². The first-order valence-electron chi connectivity index (χ1n) is 7.54. The number of nitrogens with one attached hydrogen (secondary N) is 2. The van der Waals surface area contributed by atoms with Crippen molar-refractivity contribution in [3.8, 4) is 0 Å². The zero-order valence-electron chi connectivity index (χ0n) is 13.8. The molecule has 0 radical (unpaired) electrons. The minimum Gasteiger partial charge on any atom is -0.375 e. The van der Waals surface area contributed by atoms with Gasteiger partial charge in [0.2, 0.25) is 0 Å². The van der Waals surface area contributed by atoms with Gasteiger partial charge in [-0.1, -0.05) is 23.7 Å². The van der Waals surface area contributed by atoms with Gasteiger partial charge in [-0.05, 0) is 47.0 Å². The Kier molecular flexibility index (Phi) is 10.3. The van der Waals surface area contributed by atoms with Crippen LogP contribution in [0.2, 0.25) is 5.02 Å². The molecular formula is C17H23ClIN3OS. The fraction of sp³-hybridized carbons (Fsp3) is 0.353. The zero-order valence-corrected chi connectivity index (χ0v) is 17.7. The largest absolute Gasteiger partial charge is 0.375 e. The topological polar surface area (TPSA) is 45.7 Å². The van der Waals surface area contributed by atoms with Crippen molar-refractivity contribution in [1.29, 1.82) is 0 Å². The van der Waals surface area contributed by atoms with Gasteiger partial charge in [0.1, 0.15) is 0 Å². The number of hydrogen-bond donors (Lipinski definition) is 2. The molecule has 1 aromatic carbocycles. The van der Waals surface area contributed by atoms with E-state index in [0.29, 0.717) is 18.1 Å². The van der Waals surface area contributed by atoms with Crippen LogP contribution in [0.15, 0.2) is 46.1 Å². The third kappa shape index (κ3) is 6.96. The molecule has 0 spiro atoms. The number of aliphatic imine (C=N–C) groups is 1.